The van der Waals surface area contributed by atoms with Crippen LogP contribution in [-0.4, -0.2) is 41.2 Å². The second-order valence-electron chi connectivity index (χ2n) is 9.35. The van der Waals surface area contributed by atoms with Crippen LogP contribution >= 0.6 is 0 Å². The Bertz CT molecular complexity index is 1280. The molecule has 1 fully saturated rings. The third-order valence-electron chi connectivity index (χ3n) is 6.38. The van der Waals surface area contributed by atoms with Crippen LogP contribution in [0.15, 0.2) is 48.7 Å². The zero-order valence-electron chi connectivity index (χ0n) is 20.0. The molecule has 182 valence electrons. The Labute approximate surface area is 201 Å². The SMILES string of the molecule is C[C@H](NC(=O)c1c(F)cccc1F)C(=O)Oc1ccc(B2OC(C)(C)C(C)(C)O2)c2cccnc12. The van der Waals surface area contributed by atoms with Crippen molar-refractivity contribution < 1.29 is 32.4 Å². The molecule has 1 amide bonds. The fraction of sp³-hybridized carbons (Fsp3) is 0.320. The lowest BCUT2D eigenvalue weighted by Gasteiger charge is -2.32. The molecule has 0 saturated carbocycles. The Kier molecular flexibility index (Phi) is 6.37. The maximum absolute atomic E-state index is 13.9. The highest BCUT2D eigenvalue weighted by molar-refractivity contribution is 6.65. The van der Waals surface area contributed by atoms with Crippen molar-refractivity contribution in [1.82, 2.24) is 10.3 Å². The number of pyridine rings is 1. The first-order valence-electron chi connectivity index (χ1n) is 11.1. The molecule has 1 aromatic heterocycles. The number of esters is 1. The minimum absolute atomic E-state index is 0.157. The van der Waals surface area contributed by atoms with Gasteiger partial charge in [0.05, 0.1) is 11.2 Å². The molecule has 1 saturated heterocycles. The number of hydrogen-bond acceptors (Lipinski definition) is 6. The lowest BCUT2D eigenvalue weighted by atomic mass is 9.76. The number of fused-ring (bicyclic) bond motifs is 1. The van der Waals surface area contributed by atoms with Gasteiger partial charge in [-0.3, -0.25) is 9.78 Å². The van der Waals surface area contributed by atoms with Crippen molar-refractivity contribution in [3.05, 3.63) is 65.9 Å². The van der Waals surface area contributed by atoms with Gasteiger partial charge in [-0.15, -0.1) is 0 Å². The van der Waals surface area contributed by atoms with E-state index in [1.54, 1.807) is 24.4 Å². The standard InChI is InChI=1S/C25H25BF2N2O5/c1-14(30-22(31)20-17(27)9-6-10-18(20)28)23(32)33-19-12-11-16(15-8-7-13-29-21(15)19)26-34-24(2,3)25(4,5)35-26/h6-14H,1-5H3,(H,30,31)/t14-/m0/s1. The van der Waals surface area contributed by atoms with E-state index < -0.39 is 53.4 Å². The third-order valence-corrected chi connectivity index (χ3v) is 6.38. The molecule has 1 aliphatic heterocycles. The number of aromatic nitrogens is 1. The lowest BCUT2D eigenvalue weighted by Crippen LogP contribution is -2.41. The van der Waals surface area contributed by atoms with E-state index in [9.17, 15) is 18.4 Å². The van der Waals surface area contributed by atoms with Gasteiger partial charge in [0.2, 0.25) is 0 Å². The summed E-state index contributed by atoms with van der Waals surface area (Å²) in [6, 6.07) is 8.72. The van der Waals surface area contributed by atoms with Crippen LogP contribution < -0.4 is 15.5 Å². The average Bonchev–Trinajstić information content (AvgIpc) is 3.00. The number of nitrogens with one attached hydrogen (secondary N) is 1. The molecular formula is C25H25BF2N2O5. The van der Waals surface area contributed by atoms with E-state index in [1.165, 1.54) is 6.92 Å². The second-order valence-corrected chi connectivity index (χ2v) is 9.35. The van der Waals surface area contributed by atoms with Crippen LogP contribution in [0.25, 0.3) is 10.9 Å². The molecule has 2 aromatic carbocycles. The number of carbonyl (C=O) groups is 2. The first kappa shape index (κ1) is 24.7. The Hall–Kier alpha value is -3.37. The van der Waals surface area contributed by atoms with Crippen LogP contribution in [0.2, 0.25) is 0 Å². The van der Waals surface area contributed by atoms with Gasteiger partial charge < -0.3 is 19.4 Å². The Morgan fingerprint density at radius 2 is 1.63 bits per heavy atom. The van der Waals surface area contributed by atoms with Crippen molar-refractivity contribution in [2.45, 2.75) is 51.9 Å². The van der Waals surface area contributed by atoms with E-state index in [1.807, 2.05) is 33.8 Å². The van der Waals surface area contributed by atoms with Gasteiger partial charge in [0.25, 0.3) is 5.91 Å². The number of ether oxygens (including phenoxy) is 1. The number of halogens is 2. The fourth-order valence-corrected chi connectivity index (χ4v) is 3.67. The van der Waals surface area contributed by atoms with Crippen molar-refractivity contribution in [3.8, 4) is 5.75 Å². The summed E-state index contributed by atoms with van der Waals surface area (Å²) in [7, 11) is -0.648. The molecule has 0 aliphatic carbocycles. The van der Waals surface area contributed by atoms with Crippen molar-refractivity contribution in [1.29, 1.82) is 0 Å². The van der Waals surface area contributed by atoms with Crippen LogP contribution in [0.1, 0.15) is 45.0 Å². The number of hydrogen-bond donors (Lipinski definition) is 1. The van der Waals surface area contributed by atoms with Crippen molar-refractivity contribution in [2.24, 2.45) is 0 Å². The van der Waals surface area contributed by atoms with Crippen molar-refractivity contribution >= 4 is 35.4 Å². The van der Waals surface area contributed by atoms with Gasteiger partial charge >= 0.3 is 13.1 Å². The monoisotopic (exact) mass is 482 g/mol. The van der Waals surface area contributed by atoms with Gasteiger partial charge in [0.15, 0.2) is 5.75 Å². The minimum Gasteiger partial charge on any atom is -0.423 e. The van der Waals surface area contributed by atoms with E-state index in [2.05, 4.69) is 10.3 Å². The Morgan fingerprint density at radius 3 is 2.26 bits per heavy atom. The molecule has 0 radical (unpaired) electrons. The zero-order valence-corrected chi connectivity index (χ0v) is 20.0. The molecule has 1 atom stereocenters. The van der Waals surface area contributed by atoms with Gasteiger partial charge in [-0.2, -0.15) is 0 Å². The zero-order chi connectivity index (χ0) is 25.5. The van der Waals surface area contributed by atoms with Crippen LogP contribution in [0.3, 0.4) is 0 Å². The molecule has 0 unspecified atom stereocenters. The predicted molar refractivity (Wildman–Crippen MR) is 126 cm³/mol. The summed E-state index contributed by atoms with van der Waals surface area (Å²) < 4.78 is 45.6. The number of rotatable bonds is 5. The highest BCUT2D eigenvalue weighted by Crippen LogP contribution is 2.37. The largest absolute Gasteiger partial charge is 0.495 e. The molecule has 1 aliphatic rings. The quantitative estimate of drug-likeness (QED) is 0.340. The first-order chi connectivity index (χ1) is 16.4. The van der Waals surface area contributed by atoms with Crippen LogP contribution in [0, 0.1) is 11.6 Å². The van der Waals surface area contributed by atoms with Gasteiger partial charge in [0.1, 0.15) is 28.8 Å². The topological polar surface area (TPSA) is 86.8 Å². The van der Waals surface area contributed by atoms with Gasteiger partial charge in [-0.05, 0) is 64.3 Å². The molecule has 1 N–H and O–H groups in total. The van der Waals surface area contributed by atoms with Gasteiger partial charge in [-0.1, -0.05) is 18.2 Å². The molecule has 3 aromatic rings. The second kappa shape index (κ2) is 9.01. The average molecular weight is 482 g/mol. The molecule has 0 bridgehead atoms. The predicted octanol–water partition coefficient (Wildman–Crippen LogP) is 3.54. The highest BCUT2D eigenvalue weighted by atomic mass is 19.1. The molecule has 2 heterocycles. The fourth-order valence-electron chi connectivity index (χ4n) is 3.67. The van der Waals surface area contributed by atoms with Crippen LogP contribution in [-0.2, 0) is 14.1 Å². The van der Waals surface area contributed by atoms with E-state index >= 15 is 0 Å². The highest BCUT2D eigenvalue weighted by Gasteiger charge is 2.52. The number of nitrogens with zero attached hydrogens (tertiary/aromatic N) is 1. The summed E-state index contributed by atoms with van der Waals surface area (Å²) in [6.45, 7) is 9.16. The molecule has 10 heteroatoms. The molecular weight excluding hydrogens is 457 g/mol. The van der Waals surface area contributed by atoms with Gasteiger partial charge in [-0.25, -0.2) is 13.6 Å². The van der Waals surface area contributed by atoms with Crippen LogP contribution in [0.4, 0.5) is 8.78 Å². The van der Waals surface area contributed by atoms with E-state index in [-0.39, 0.29) is 5.75 Å². The van der Waals surface area contributed by atoms with Crippen molar-refractivity contribution in [2.75, 3.05) is 0 Å². The van der Waals surface area contributed by atoms with E-state index in [4.69, 9.17) is 14.0 Å². The van der Waals surface area contributed by atoms with Crippen molar-refractivity contribution in [3.63, 3.8) is 0 Å². The minimum atomic E-state index is -1.19. The number of benzene rings is 2. The molecule has 0 spiro atoms. The number of amides is 1. The summed E-state index contributed by atoms with van der Waals surface area (Å²) >= 11 is 0. The normalized spacial score (nSPS) is 17.3. The van der Waals surface area contributed by atoms with E-state index in [0.29, 0.717) is 10.9 Å². The summed E-state index contributed by atoms with van der Waals surface area (Å²) in [5, 5.41) is 2.93. The molecule has 35 heavy (non-hydrogen) atoms. The summed E-state index contributed by atoms with van der Waals surface area (Å²) in [5.74, 6) is -3.80. The lowest BCUT2D eigenvalue weighted by molar-refractivity contribution is -0.136. The number of carbonyl (C=O) groups excluding carboxylic acids is 2. The van der Waals surface area contributed by atoms with Crippen LogP contribution in [0.5, 0.6) is 5.75 Å². The van der Waals surface area contributed by atoms with Gasteiger partial charge in [0, 0.05) is 11.6 Å². The first-order valence-corrected chi connectivity index (χ1v) is 11.1. The Morgan fingerprint density at radius 1 is 1.00 bits per heavy atom. The van der Waals surface area contributed by atoms with E-state index in [0.717, 1.165) is 23.7 Å². The summed E-state index contributed by atoms with van der Waals surface area (Å²) in [4.78, 5) is 29.4. The Balaban J connectivity index is 1.56. The molecule has 7 nitrogen and oxygen atoms in total. The maximum Gasteiger partial charge on any atom is 0.495 e. The maximum atomic E-state index is 13.9. The smallest absolute Gasteiger partial charge is 0.423 e. The third kappa shape index (κ3) is 4.63. The summed E-state index contributed by atoms with van der Waals surface area (Å²) in [6.07, 6.45) is 1.56. The summed E-state index contributed by atoms with van der Waals surface area (Å²) in [5.41, 5.74) is -0.730. The molecule has 4 rings (SSSR count).